The summed E-state index contributed by atoms with van der Waals surface area (Å²) in [7, 11) is 3.43. The molecule has 0 atom stereocenters. The van der Waals surface area contributed by atoms with Crippen LogP contribution in [0.2, 0.25) is 0 Å². The summed E-state index contributed by atoms with van der Waals surface area (Å²) in [5, 5.41) is 2.95. The minimum Gasteiger partial charge on any atom is -0.497 e. The summed E-state index contributed by atoms with van der Waals surface area (Å²) >= 11 is 3.41. The van der Waals surface area contributed by atoms with E-state index in [9.17, 15) is 0 Å². The zero-order valence-electron chi connectivity index (χ0n) is 10.7. The normalized spacial score (nSPS) is 10.1. The second kappa shape index (κ2) is 6.38. The maximum atomic E-state index is 5.67. The molecule has 0 amide bonds. The fourth-order valence-electron chi connectivity index (χ4n) is 1.54. The minimum absolute atomic E-state index is 0.413. The zero-order chi connectivity index (χ0) is 13.7. The van der Waals surface area contributed by atoms with E-state index in [2.05, 4.69) is 31.2 Å². The lowest BCUT2D eigenvalue weighted by molar-refractivity contribution is 0.290. The van der Waals surface area contributed by atoms with Crippen LogP contribution in [0, 0.1) is 0 Å². The second-order valence-corrected chi connectivity index (χ2v) is 4.52. The van der Waals surface area contributed by atoms with Gasteiger partial charge in [0, 0.05) is 7.05 Å². The Labute approximate surface area is 120 Å². The van der Waals surface area contributed by atoms with Gasteiger partial charge >= 0.3 is 0 Å². The smallest absolute Gasteiger partial charge is 0.233 e. The Morgan fingerprint density at radius 3 is 2.89 bits per heavy atom. The van der Waals surface area contributed by atoms with Crippen molar-refractivity contribution in [3.63, 3.8) is 0 Å². The van der Waals surface area contributed by atoms with E-state index in [4.69, 9.17) is 9.47 Å². The van der Waals surface area contributed by atoms with E-state index >= 15 is 0 Å². The summed E-state index contributed by atoms with van der Waals surface area (Å²) in [5.74, 6) is 2.00. The molecule has 0 bridgehead atoms. The Bertz CT molecular complexity index is 563. The van der Waals surface area contributed by atoms with Gasteiger partial charge in [-0.25, -0.2) is 9.97 Å². The summed E-state index contributed by atoms with van der Waals surface area (Å²) in [6.45, 7) is 0.413. The van der Waals surface area contributed by atoms with Crippen LogP contribution in [0.25, 0.3) is 0 Å². The number of rotatable bonds is 5. The molecule has 0 radical (unpaired) electrons. The van der Waals surface area contributed by atoms with Gasteiger partial charge in [-0.3, -0.25) is 0 Å². The first-order chi connectivity index (χ1) is 9.24. The molecule has 0 saturated carbocycles. The standard InChI is InChI=1S/C13H14BrN3O2/c1-15-12-11(14)13(17-8-16-12)19-7-9-4-3-5-10(6-9)18-2/h3-6,8H,7H2,1-2H3,(H,15,16,17). The van der Waals surface area contributed by atoms with Crippen molar-refractivity contribution >= 4 is 21.7 Å². The van der Waals surface area contributed by atoms with Crippen molar-refractivity contribution in [1.29, 1.82) is 0 Å². The van der Waals surface area contributed by atoms with Crippen LogP contribution in [-0.4, -0.2) is 24.1 Å². The Hall–Kier alpha value is -1.82. The molecule has 1 aromatic heterocycles. The van der Waals surface area contributed by atoms with E-state index in [1.165, 1.54) is 6.33 Å². The number of halogens is 1. The van der Waals surface area contributed by atoms with Gasteiger partial charge in [0.05, 0.1) is 7.11 Å². The number of nitrogens with zero attached hydrogens (tertiary/aromatic N) is 2. The Morgan fingerprint density at radius 1 is 1.32 bits per heavy atom. The van der Waals surface area contributed by atoms with Gasteiger partial charge < -0.3 is 14.8 Å². The van der Waals surface area contributed by atoms with Crippen molar-refractivity contribution in [3.8, 4) is 11.6 Å². The summed E-state index contributed by atoms with van der Waals surface area (Å²) in [4.78, 5) is 8.16. The van der Waals surface area contributed by atoms with Crippen LogP contribution < -0.4 is 14.8 Å². The lowest BCUT2D eigenvalue weighted by Crippen LogP contribution is -2.01. The van der Waals surface area contributed by atoms with E-state index in [-0.39, 0.29) is 0 Å². The Kier molecular flexibility index (Phi) is 4.57. The summed E-state index contributed by atoms with van der Waals surface area (Å²) in [6, 6.07) is 7.71. The predicted octanol–water partition coefficient (Wildman–Crippen LogP) is 2.87. The molecule has 2 rings (SSSR count). The molecule has 1 N–H and O–H groups in total. The molecule has 1 aromatic carbocycles. The van der Waals surface area contributed by atoms with E-state index in [1.54, 1.807) is 14.2 Å². The molecule has 19 heavy (non-hydrogen) atoms. The molecule has 0 spiro atoms. The first-order valence-electron chi connectivity index (χ1n) is 5.68. The van der Waals surface area contributed by atoms with Crippen LogP contribution >= 0.6 is 15.9 Å². The second-order valence-electron chi connectivity index (χ2n) is 3.73. The minimum atomic E-state index is 0.413. The van der Waals surface area contributed by atoms with Gasteiger partial charge in [0.25, 0.3) is 0 Å². The van der Waals surface area contributed by atoms with E-state index in [0.29, 0.717) is 22.8 Å². The average molecular weight is 324 g/mol. The molecular weight excluding hydrogens is 310 g/mol. The Morgan fingerprint density at radius 2 is 2.16 bits per heavy atom. The molecule has 0 aliphatic carbocycles. The van der Waals surface area contributed by atoms with Gasteiger partial charge in [-0.1, -0.05) is 12.1 Å². The Balaban J connectivity index is 2.10. The van der Waals surface area contributed by atoms with Crippen molar-refractivity contribution in [3.05, 3.63) is 40.6 Å². The summed E-state index contributed by atoms with van der Waals surface area (Å²) < 4.78 is 11.5. The first kappa shape index (κ1) is 13.6. The largest absolute Gasteiger partial charge is 0.497 e. The highest BCUT2D eigenvalue weighted by atomic mass is 79.9. The molecule has 0 aliphatic heterocycles. The quantitative estimate of drug-likeness (QED) is 0.916. The van der Waals surface area contributed by atoms with Gasteiger partial charge in [-0.05, 0) is 33.6 Å². The summed E-state index contributed by atoms with van der Waals surface area (Å²) in [6.07, 6.45) is 1.46. The van der Waals surface area contributed by atoms with Crippen molar-refractivity contribution < 1.29 is 9.47 Å². The van der Waals surface area contributed by atoms with Crippen molar-refractivity contribution in [2.24, 2.45) is 0 Å². The number of ether oxygens (including phenoxy) is 2. The van der Waals surface area contributed by atoms with E-state index in [1.807, 2.05) is 24.3 Å². The van der Waals surface area contributed by atoms with Crippen LogP contribution in [0.15, 0.2) is 35.1 Å². The fourth-order valence-corrected chi connectivity index (χ4v) is 2.06. The monoisotopic (exact) mass is 323 g/mol. The third kappa shape index (κ3) is 3.35. The van der Waals surface area contributed by atoms with Gasteiger partial charge in [0.2, 0.25) is 5.88 Å². The van der Waals surface area contributed by atoms with Gasteiger partial charge in [0.15, 0.2) is 0 Å². The third-order valence-corrected chi connectivity index (χ3v) is 3.22. The number of benzene rings is 1. The average Bonchev–Trinajstić information content (AvgIpc) is 2.46. The highest BCUT2D eigenvalue weighted by Gasteiger charge is 2.08. The number of hydrogen-bond acceptors (Lipinski definition) is 5. The van der Waals surface area contributed by atoms with Crippen molar-refractivity contribution in [2.75, 3.05) is 19.5 Å². The predicted molar refractivity (Wildman–Crippen MR) is 76.6 cm³/mol. The van der Waals surface area contributed by atoms with E-state index < -0.39 is 0 Å². The van der Waals surface area contributed by atoms with E-state index in [0.717, 1.165) is 11.3 Å². The molecule has 5 nitrogen and oxygen atoms in total. The lowest BCUT2D eigenvalue weighted by atomic mass is 10.2. The van der Waals surface area contributed by atoms with Crippen molar-refractivity contribution in [2.45, 2.75) is 6.61 Å². The maximum absolute atomic E-state index is 5.67. The third-order valence-electron chi connectivity index (χ3n) is 2.50. The molecule has 0 unspecified atom stereocenters. The SMILES string of the molecule is CNc1ncnc(OCc2cccc(OC)c2)c1Br. The molecule has 100 valence electrons. The highest BCUT2D eigenvalue weighted by Crippen LogP contribution is 2.28. The van der Waals surface area contributed by atoms with Crippen LogP contribution in [0.4, 0.5) is 5.82 Å². The number of methoxy groups -OCH3 is 1. The number of nitrogens with one attached hydrogen (secondary N) is 1. The number of anilines is 1. The van der Waals surface area contributed by atoms with Crippen molar-refractivity contribution in [1.82, 2.24) is 9.97 Å². The van der Waals surface area contributed by atoms with Crippen LogP contribution in [0.3, 0.4) is 0 Å². The van der Waals surface area contributed by atoms with Crippen LogP contribution in [0.5, 0.6) is 11.6 Å². The molecule has 0 saturated heterocycles. The molecular formula is C13H14BrN3O2. The zero-order valence-corrected chi connectivity index (χ0v) is 12.3. The molecule has 1 heterocycles. The van der Waals surface area contributed by atoms with Crippen LogP contribution in [-0.2, 0) is 6.61 Å². The molecule has 0 fully saturated rings. The topological polar surface area (TPSA) is 56.3 Å². The highest BCUT2D eigenvalue weighted by molar-refractivity contribution is 9.10. The lowest BCUT2D eigenvalue weighted by Gasteiger charge is -2.10. The number of aromatic nitrogens is 2. The van der Waals surface area contributed by atoms with Crippen LogP contribution in [0.1, 0.15) is 5.56 Å². The maximum Gasteiger partial charge on any atom is 0.233 e. The van der Waals surface area contributed by atoms with Gasteiger partial charge in [-0.15, -0.1) is 0 Å². The molecule has 2 aromatic rings. The molecule has 0 aliphatic rings. The molecule has 6 heteroatoms. The van der Waals surface area contributed by atoms with Gasteiger partial charge in [0.1, 0.15) is 29.0 Å². The fraction of sp³-hybridized carbons (Fsp3) is 0.231. The number of hydrogen-bond donors (Lipinski definition) is 1. The first-order valence-corrected chi connectivity index (χ1v) is 6.48. The van der Waals surface area contributed by atoms with Gasteiger partial charge in [-0.2, -0.15) is 0 Å². The summed E-state index contributed by atoms with van der Waals surface area (Å²) in [5.41, 5.74) is 1.01.